The van der Waals surface area contributed by atoms with E-state index in [0.29, 0.717) is 43.8 Å². The maximum absolute atomic E-state index is 12.1. The molecule has 1 saturated heterocycles. The summed E-state index contributed by atoms with van der Waals surface area (Å²) in [4.78, 5) is 44.8. The number of aromatic nitrogens is 2. The highest BCUT2D eigenvalue weighted by molar-refractivity contribution is 5.94. The van der Waals surface area contributed by atoms with Gasteiger partial charge in [0.15, 0.2) is 5.78 Å². The van der Waals surface area contributed by atoms with Gasteiger partial charge in [0.1, 0.15) is 6.33 Å². The third-order valence-electron chi connectivity index (χ3n) is 4.88. The van der Waals surface area contributed by atoms with Gasteiger partial charge in [0.2, 0.25) is 11.6 Å². The van der Waals surface area contributed by atoms with Gasteiger partial charge in [0, 0.05) is 24.3 Å². The van der Waals surface area contributed by atoms with E-state index < -0.39 is 4.92 Å². The Morgan fingerprint density at radius 2 is 2.03 bits per heavy atom. The van der Waals surface area contributed by atoms with Gasteiger partial charge in [-0.05, 0) is 51.0 Å². The first-order valence-corrected chi connectivity index (χ1v) is 9.69. The number of carbonyl (C=O) groups excluding carboxylic acids is 2. The van der Waals surface area contributed by atoms with Gasteiger partial charge in [-0.2, -0.15) is 0 Å². The Balaban J connectivity index is 1.88. The summed E-state index contributed by atoms with van der Waals surface area (Å²) in [6.45, 7) is 4.34. The summed E-state index contributed by atoms with van der Waals surface area (Å²) in [7, 11) is 0. The van der Waals surface area contributed by atoms with Gasteiger partial charge in [0.25, 0.3) is 0 Å². The molecule has 3 rings (SSSR count). The summed E-state index contributed by atoms with van der Waals surface area (Å²) in [6, 6.07) is 6.57. The Bertz CT molecular complexity index is 947. The summed E-state index contributed by atoms with van der Waals surface area (Å²) in [6.07, 6.45) is 2.62. The number of piperidine rings is 1. The lowest BCUT2D eigenvalue weighted by atomic mass is 9.98. The van der Waals surface area contributed by atoms with Crippen molar-refractivity contribution in [3.63, 3.8) is 0 Å². The van der Waals surface area contributed by atoms with E-state index in [9.17, 15) is 19.7 Å². The number of hydrogen-bond acceptors (Lipinski definition) is 9. The summed E-state index contributed by atoms with van der Waals surface area (Å²) >= 11 is 0. The number of anilines is 3. The molecule has 10 heteroatoms. The second-order valence-corrected chi connectivity index (χ2v) is 6.95. The molecule has 1 fully saturated rings. The van der Waals surface area contributed by atoms with Crippen LogP contribution in [-0.4, -0.2) is 46.3 Å². The smallest absolute Gasteiger partial charge is 0.353 e. The largest absolute Gasteiger partial charge is 0.466 e. The predicted octanol–water partition coefficient (Wildman–Crippen LogP) is 3.11. The van der Waals surface area contributed by atoms with Crippen LogP contribution in [0.3, 0.4) is 0 Å². The van der Waals surface area contributed by atoms with Crippen LogP contribution in [0.2, 0.25) is 0 Å². The Morgan fingerprint density at radius 3 is 2.67 bits per heavy atom. The third-order valence-corrected chi connectivity index (χ3v) is 4.88. The van der Waals surface area contributed by atoms with Crippen molar-refractivity contribution in [1.29, 1.82) is 0 Å². The topological polar surface area (TPSA) is 128 Å². The van der Waals surface area contributed by atoms with E-state index in [1.54, 1.807) is 36.1 Å². The first-order valence-electron chi connectivity index (χ1n) is 9.69. The third kappa shape index (κ3) is 4.70. The van der Waals surface area contributed by atoms with Crippen LogP contribution in [0.4, 0.5) is 23.0 Å². The second kappa shape index (κ2) is 9.29. The fourth-order valence-electron chi connectivity index (χ4n) is 3.41. The maximum Gasteiger partial charge on any atom is 0.353 e. The number of nitrogens with one attached hydrogen (secondary N) is 1. The van der Waals surface area contributed by atoms with E-state index >= 15 is 0 Å². The van der Waals surface area contributed by atoms with Gasteiger partial charge in [-0.1, -0.05) is 0 Å². The van der Waals surface area contributed by atoms with Crippen LogP contribution in [0.1, 0.15) is 37.0 Å². The number of hydrogen-bond donors (Lipinski definition) is 1. The zero-order valence-corrected chi connectivity index (χ0v) is 16.8. The molecule has 0 radical (unpaired) electrons. The van der Waals surface area contributed by atoms with Gasteiger partial charge < -0.3 is 15.0 Å². The number of rotatable bonds is 7. The number of nitrogens with zero attached hydrogens (tertiary/aromatic N) is 4. The standard InChI is InChI=1S/C20H23N5O5/c1-3-30-20(27)15-5-4-10-24(11-15)19-17(25(28)29)18(21-12-22-19)23-16-8-6-14(7-9-16)13(2)26/h6-9,12,15H,3-5,10-11H2,1-2H3,(H,21,22,23). The van der Waals surface area contributed by atoms with Crippen molar-refractivity contribution in [2.24, 2.45) is 5.92 Å². The van der Waals surface area contributed by atoms with Crippen molar-refractivity contribution in [2.75, 3.05) is 29.9 Å². The van der Waals surface area contributed by atoms with Crippen LogP contribution in [0.5, 0.6) is 0 Å². The highest BCUT2D eigenvalue weighted by atomic mass is 16.6. The lowest BCUT2D eigenvalue weighted by Gasteiger charge is -2.32. The quantitative estimate of drug-likeness (QED) is 0.315. The molecule has 1 atom stereocenters. The van der Waals surface area contributed by atoms with Crippen LogP contribution < -0.4 is 10.2 Å². The van der Waals surface area contributed by atoms with Crippen LogP contribution in [0.25, 0.3) is 0 Å². The van der Waals surface area contributed by atoms with E-state index in [2.05, 4.69) is 15.3 Å². The number of benzene rings is 1. The van der Waals surface area contributed by atoms with Crippen LogP contribution in [0.15, 0.2) is 30.6 Å². The molecule has 1 aromatic heterocycles. The molecule has 0 aliphatic carbocycles. The molecule has 2 aromatic rings. The van der Waals surface area contributed by atoms with Crippen molar-refractivity contribution in [1.82, 2.24) is 9.97 Å². The van der Waals surface area contributed by atoms with E-state index in [0.717, 1.165) is 0 Å². The fraction of sp³-hybridized carbons (Fsp3) is 0.400. The molecule has 2 heterocycles. The van der Waals surface area contributed by atoms with Crippen molar-refractivity contribution >= 4 is 34.8 Å². The second-order valence-electron chi connectivity index (χ2n) is 6.95. The molecule has 0 bridgehead atoms. The molecule has 1 unspecified atom stereocenters. The molecular formula is C20H23N5O5. The normalized spacial score (nSPS) is 16.1. The highest BCUT2D eigenvalue weighted by Gasteiger charge is 2.33. The molecular weight excluding hydrogens is 390 g/mol. The molecule has 1 aromatic carbocycles. The lowest BCUT2D eigenvalue weighted by molar-refractivity contribution is -0.383. The van der Waals surface area contributed by atoms with E-state index in [-0.39, 0.29) is 35.0 Å². The van der Waals surface area contributed by atoms with Gasteiger partial charge in [-0.15, -0.1) is 0 Å². The predicted molar refractivity (Wildman–Crippen MR) is 110 cm³/mol. The number of nitro groups is 1. The molecule has 1 N–H and O–H groups in total. The number of Topliss-reactive ketones (excluding diaryl/α,β-unsaturated/α-hetero) is 1. The molecule has 1 aliphatic rings. The zero-order chi connectivity index (χ0) is 21.7. The molecule has 0 saturated carbocycles. The number of esters is 1. The summed E-state index contributed by atoms with van der Waals surface area (Å²) in [5.41, 5.74) is 0.824. The number of ketones is 1. The summed E-state index contributed by atoms with van der Waals surface area (Å²) in [5.74, 6) is -0.532. The molecule has 1 aliphatic heterocycles. The average Bonchev–Trinajstić information content (AvgIpc) is 2.74. The van der Waals surface area contributed by atoms with E-state index in [1.807, 2.05) is 0 Å². The number of carbonyl (C=O) groups is 2. The summed E-state index contributed by atoms with van der Waals surface area (Å²) < 4.78 is 5.10. The van der Waals surface area contributed by atoms with Gasteiger partial charge >= 0.3 is 11.7 Å². The van der Waals surface area contributed by atoms with E-state index in [1.165, 1.54) is 13.3 Å². The SMILES string of the molecule is CCOC(=O)C1CCCN(c2ncnc(Nc3ccc(C(C)=O)cc3)c2[N+](=O)[O-])C1. The van der Waals surface area contributed by atoms with Crippen LogP contribution >= 0.6 is 0 Å². The van der Waals surface area contributed by atoms with Gasteiger partial charge in [-0.3, -0.25) is 19.7 Å². The molecule has 158 valence electrons. The first kappa shape index (κ1) is 21.2. The minimum absolute atomic E-state index is 0.0406. The molecule has 0 spiro atoms. The van der Waals surface area contributed by atoms with Crippen LogP contribution in [0, 0.1) is 16.0 Å². The van der Waals surface area contributed by atoms with Crippen molar-refractivity contribution in [3.05, 3.63) is 46.3 Å². The Hall–Kier alpha value is -3.56. The zero-order valence-electron chi connectivity index (χ0n) is 16.8. The van der Waals surface area contributed by atoms with Gasteiger partial charge in [-0.25, -0.2) is 9.97 Å². The first-order chi connectivity index (χ1) is 14.4. The highest BCUT2D eigenvalue weighted by Crippen LogP contribution is 2.35. The van der Waals surface area contributed by atoms with Crippen molar-refractivity contribution in [2.45, 2.75) is 26.7 Å². The Morgan fingerprint density at radius 1 is 1.30 bits per heavy atom. The molecule has 10 nitrogen and oxygen atoms in total. The minimum atomic E-state index is -0.532. The Labute approximate surface area is 173 Å². The fourth-order valence-corrected chi connectivity index (χ4v) is 3.41. The molecule has 0 amide bonds. The van der Waals surface area contributed by atoms with Crippen LogP contribution in [-0.2, 0) is 9.53 Å². The lowest BCUT2D eigenvalue weighted by Crippen LogP contribution is -2.40. The number of ether oxygens (including phenoxy) is 1. The Kier molecular flexibility index (Phi) is 6.55. The van der Waals surface area contributed by atoms with Crippen molar-refractivity contribution < 1.29 is 19.2 Å². The monoisotopic (exact) mass is 413 g/mol. The van der Waals surface area contributed by atoms with Crippen molar-refractivity contribution in [3.8, 4) is 0 Å². The maximum atomic E-state index is 12.1. The minimum Gasteiger partial charge on any atom is -0.466 e. The van der Waals surface area contributed by atoms with E-state index in [4.69, 9.17) is 4.74 Å². The summed E-state index contributed by atoms with van der Waals surface area (Å²) in [5, 5.41) is 14.8. The average molecular weight is 413 g/mol. The van der Waals surface area contributed by atoms with Gasteiger partial charge in [0.05, 0.1) is 17.4 Å². The molecule has 30 heavy (non-hydrogen) atoms.